The van der Waals surface area contributed by atoms with E-state index in [1.807, 2.05) is 11.8 Å². The number of hydrogen-bond acceptors (Lipinski definition) is 5. The smallest absolute Gasteiger partial charge is 0.325 e. The first-order chi connectivity index (χ1) is 6.76. The molecule has 0 aromatic carbocycles. The first-order valence-electron chi connectivity index (χ1n) is 4.79. The second-order valence-electron chi connectivity index (χ2n) is 3.75. The third-order valence-electron chi connectivity index (χ3n) is 2.78. The Kier molecular flexibility index (Phi) is 2.99. The fraction of sp³-hybridized carbons (Fsp3) is 0.889. The van der Waals surface area contributed by atoms with Crippen molar-refractivity contribution < 1.29 is 14.3 Å². The lowest BCUT2D eigenvalue weighted by Gasteiger charge is -2.36. The van der Waals surface area contributed by atoms with Gasteiger partial charge in [0.15, 0.2) is 0 Å². The predicted molar refractivity (Wildman–Crippen MR) is 54.4 cm³/mol. The number of ether oxygens (including phenoxy) is 2. The highest BCUT2D eigenvalue weighted by molar-refractivity contribution is 7.99. The fourth-order valence-electron chi connectivity index (χ4n) is 1.81. The molecule has 80 valence electrons. The van der Waals surface area contributed by atoms with E-state index < -0.39 is 0 Å². The molecule has 0 bridgehead atoms. The number of hydrogen-bond donors (Lipinski definition) is 1. The molecule has 14 heavy (non-hydrogen) atoms. The standard InChI is InChI=1S/C9H15NO3S/c1-12-8(11)7-4-13-9(5-10-7)2-3-14-6-9/h7,10H,2-6H2,1H3. The molecule has 2 heterocycles. The summed E-state index contributed by atoms with van der Waals surface area (Å²) in [7, 11) is 1.40. The molecule has 4 nitrogen and oxygen atoms in total. The van der Waals surface area contributed by atoms with Crippen molar-refractivity contribution in [3.63, 3.8) is 0 Å². The molecular formula is C9H15NO3S. The Labute approximate surface area is 87.7 Å². The van der Waals surface area contributed by atoms with E-state index in [-0.39, 0.29) is 17.6 Å². The van der Waals surface area contributed by atoms with Gasteiger partial charge in [0.05, 0.1) is 19.3 Å². The van der Waals surface area contributed by atoms with Crippen molar-refractivity contribution >= 4 is 17.7 Å². The van der Waals surface area contributed by atoms with Gasteiger partial charge in [-0.3, -0.25) is 10.1 Å². The zero-order chi connectivity index (χ0) is 10.0. The lowest BCUT2D eigenvalue weighted by molar-refractivity contribution is -0.151. The lowest BCUT2D eigenvalue weighted by Crippen LogP contribution is -2.57. The quantitative estimate of drug-likeness (QED) is 0.628. The summed E-state index contributed by atoms with van der Waals surface area (Å²) in [6, 6.07) is -0.281. The van der Waals surface area contributed by atoms with Gasteiger partial charge in [-0.05, 0) is 12.2 Å². The Morgan fingerprint density at radius 1 is 1.71 bits per heavy atom. The first kappa shape index (κ1) is 10.3. The first-order valence-corrected chi connectivity index (χ1v) is 5.94. The summed E-state index contributed by atoms with van der Waals surface area (Å²) in [5.74, 6) is 1.96. The molecule has 0 amide bonds. The highest BCUT2D eigenvalue weighted by Crippen LogP contribution is 2.32. The minimum Gasteiger partial charge on any atom is -0.468 e. The maximum Gasteiger partial charge on any atom is 0.325 e. The Hall–Kier alpha value is -0.260. The van der Waals surface area contributed by atoms with Gasteiger partial charge in [-0.25, -0.2) is 0 Å². The van der Waals surface area contributed by atoms with Crippen LogP contribution in [0.15, 0.2) is 0 Å². The summed E-state index contributed by atoms with van der Waals surface area (Å²) >= 11 is 1.91. The SMILES string of the molecule is COC(=O)C1COC2(CCSC2)CN1. The molecule has 1 N–H and O–H groups in total. The Bertz CT molecular complexity index is 218. The predicted octanol–water partition coefficient (Wildman–Crippen LogP) is 0.0235. The van der Waals surface area contributed by atoms with Crippen LogP contribution in [-0.2, 0) is 14.3 Å². The van der Waals surface area contributed by atoms with E-state index in [9.17, 15) is 4.79 Å². The van der Waals surface area contributed by atoms with E-state index in [1.165, 1.54) is 7.11 Å². The minimum absolute atomic E-state index is 0.0187. The van der Waals surface area contributed by atoms with Gasteiger partial charge in [-0.2, -0.15) is 11.8 Å². The van der Waals surface area contributed by atoms with Gasteiger partial charge in [0.1, 0.15) is 6.04 Å². The largest absolute Gasteiger partial charge is 0.468 e. The van der Waals surface area contributed by atoms with E-state index in [0.717, 1.165) is 24.5 Å². The second-order valence-corrected chi connectivity index (χ2v) is 4.86. The van der Waals surface area contributed by atoms with Crippen LogP contribution in [-0.4, -0.2) is 49.4 Å². The number of esters is 1. The molecule has 0 aromatic heterocycles. The van der Waals surface area contributed by atoms with E-state index in [1.54, 1.807) is 0 Å². The molecule has 2 atom stereocenters. The monoisotopic (exact) mass is 217 g/mol. The van der Waals surface area contributed by atoms with Crippen molar-refractivity contribution in [3.05, 3.63) is 0 Å². The van der Waals surface area contributed by atoms with Crippen LogP contribution in [0, 0.1) is 0 Å². The van der Waals surface area contributed by atoms with E-state index in [4.69, 9.17) is 4.74 Å². The number of methoxy groups -OCH3 is 1. The summed E-state index contributed by atoms with van der Waals surface area (Å²) in [5.41, 5.74) is -0.0187. The second kappa shape index (κ2) is 4.08. The average molecular weight is 217 g/mol. The Morgan fingerprint density at radius 3 is 3.07 bits per heavy atom. The van der Waals surface area contributed by atoms with Crippen LogP contribution in [0.5, 0.6) is 0 Å². The van der Waals surface area contributed by atoms with Crippen molar-refractivity contribution in [3.8, 4) is 0 Å². The topological polar surface area (TPSA) is 47.6 Å². The molecule has 5 heteroatoms. The maximum absolute atomic E-state index is 11.2. The van der Waals surface area contributed by atoms with Crippen LogP contribution < -0.4 is 5.32 Å². The van der Waals surface area contributed by atoms with E-state index >= 15 is 0 Å². The van der Waals surface area contributed by atoms with Crippen molar-refractivity contribution in [2.24, 2.45) is 0 Å². The Morgan fingerprint density at radius 2 is 2.57 bits per heavy atom. The normalized spacial score (nSPS) is 37.4. The van der Waals surface area contributed by atoms with Gasteiger partial charge in [0.25, 0.3) is 0 Å². The number of rotatable bonds is 1. The van der Waals surface area contributed by atoms with Gasteiger partial charge in [-0.15, -0.1) is 0 Å². The molecule has 2 fully saturated rings. The molecule has 0 aromatic rings. The molecule has 2 saturated heterocycles. The van der Waals surface area contributed by atoms with Crippen LogP contribution in [0.1, 0.15) is 6.42 Å². The lowest BCUT2D eigenvalue weighted by atomic mass is 10.0. The van der Waals surface area contributed by atoms with Gasteiger partial charge in [0, 0.05) is 12.3 Å². The summed E-state index contributed by atoms with van der Waals surface area (Å²) in [5, 5.41) is 3.19. The summed E-state index contributed by atoms with van der Waals surface area (Å²) < 4.78 is 10.4. The Balaban J connectivity index is 1.88. The molecule has 1 spiro atoms. The summed E-state index contributed by atoms with van der Waals surface area (Å²) in [6.07, 6.45) is 1.08. The van der Waals surface area contributed by atoms with E-state index in [0.29, 0.717) is 6.61 Å². The average Bonchev–Trinajstić information content (AvgIpc) is 2.67. The molecule has 0 radical (unpaired) electrons. The highest BCUT2D eigenvalue weighted by Gasteiger charge is 2.41. The van der Waals surface area contributed by atoms with Crippen LogP contribution >= 0.6 is 11.8 Å². The van der Waals surface area contributed by atoms with Crippen molar-refractivity contribution in [2.45, 2.75) is 18.1 Å². The van der Waals surface area contributed by atoms with Gasteiger partial charge >= 0.3 is 5.97 Å². The van der Waals surface area contributed by atoms with Crippen LogP contribution in [0.2, 0.25) is 0 Å². The fourth-order valence-corrected chi connectivity index (χ4v) is 3.18. The van der Waals surface area contributed by atoms with Crippen molar-refractivity contribution in [2.75, 3.05) is 31.8 Å². The van der Waals surface area contributed by atoms with Crippen LogP contribution in [0.25, 0.3) is 0 Å². The third-order valence-corrected chi connectivity index (χ3v) is 4.00. The molecule has 0 saturated carbocycles. The highest BCUT2D eigenvalue weighted by atomic mass is 32.2. The molecule has 2 unspecified atom stereocenters. The van der Waals surface area contributed by atoms with Crippen molar-refractivity contribution in [1.82, 2.24) is 5.32 Å². The summed E-state index contributed by atoms with van der Waals surface area (Å²) in [6.45, 7) is 1.20. The third kappa shape index (κ3) is 1.89. The number of carbonyl (C=O) groups excluding carboxylic acids is 1. The van der Waals surface area contributed by atoms with Crippen molar-refractivity contribution in [1.29, 1.82) is 0 Å². The molecule has 2 aliphatic heterocycles. The maximum atomic E-state index is 11.2. The van der Waals surface area contributed by atoms with Crippen LogP contribution in [0.3, 0.4) is 0 Å². The molecule has 2 aliphatic rings. The zero-order valence-electron chi connectivity index (χ0n) is 8.25. The zero-order valence-corrected chi connectivity index (χ0v) is 9.06. The van der Waals surface area contributed by atoms with Gasteiger partial charge in [0.2, 0.25) is 0 Å². The summed E-state index contributed by atoms with van der Waals surface area (Å²) in [4.78, 5) is 11.2. The number of morpholine rings is 1. The molecular weight excluding hydrogens is 202 g/mol. The number of carbonyl (C=O) groups is 1. The molecule has 2 rings (SSSR count). The number of thioether (sulfide) groups is 1. The van der Waals surface area contributed by atoms with Gasteiger partial charge < -0.3 is 9.47 Å². The number of nitrogens with one attached hydrogen (secondary N) is 1. The van der Waals surface area contributed by atoms with E-state index in [2.05, 4.69) is 10.1 Å². The molecule has 0 aliphatic carbocycles. The minimum atomic E-state index is -0.281. The van der Waals surface area contributed by atoms with Crippen LogP contribution in [0.4, 0.5) is 0 Å². The van der Waals surface area contributed by atoms with Gasteiger partial charge in [-0.1, -0.05) is 0 Å².